The number of hydrogen-bond acceptors (Lipinski definition) is 4. The van der Waals surface area contributed by atoms with E-state index < -0.39 is 11.9 Å². The highest BCUT2D eigenvalue weighted by molar-refractivity contribution is 5.90. The van der Waals surface area contributed by atoms with Crippen LogP contribution in [0.25, 0.3) is 0 Å². The SMILES string of the molecule is C=C(C)C(=O)O.CC1CCC(C(C)C)C(O)C1.O=C(O)c1ccccc1O. The first-order valence-electron chi connectivity index (χ1n) is 9.05. The summed E-state index contributed by atoms with van der Waals surface area (Å²) in [5.41, 5.74) is 0.109. The van der Waals surface area contributed by atoms with Crippen molar-refractivity contribution in [2.75, 3.05) is 0 Å². The number of aliphatic hydroxyl groups excluding tert-OH is 1. The molecule has 3 atom stereocenters. The number of carbonyl (C=O) groups is 2. The largest absolute Gasteiger partial charge is 0.507 e. The molecule has 0 aromatic heterocycles. The predicted molar refractivity (Wildman–Crippen MR) is 105 cm³/mol. The summed E-state index contributed by atoms with van der Waals surface area (Å²) in [7, 11) is 0. The number of aromatic hydroxyl groups is 1. The highest BCUT2D eigenvalue weighted by Crippen LogP contribution is 2.33. The van der Waals surface area contributed by atoms with Crippen molar-refractivity contribution in [2.24, 2.45) is 17.8 Å². The van der Waals surface area contributed by atoms with E-state index in [1.165, 1.54) is 31.9 Å². The zero-order valence-corrected chi connectivity index (χ0v) is 16.6. The minimum Gasteiger partial charge on any atom is -0.507 e. The van der Waals surface area contributed by atoms with E-state index in [2.05, 4.69) is 27.4 Å². The molecule has 3 unspecified atom stereocenters. The Bertz CT molecular complexity index is 611. The Hall–Kier alpha value is -2.34. The lowest BCUT2D eigenvalue weighted by atomic mass is 9.75. The Morgan fingerprint density at radius 3 is 2.00 bits per heavy atom. The van der Waals surface area contributed by atoms with Crippen LogP contribution in [0.5, 0.6) is 5.75 Å². The van der Waals surface area contributed by atoms with Crippen LogP contribution in [0.2, 0.25) is 0 Å². The summed E-state index contributed by atoms with van der Waals surface area (Å²) in [5.74, 6) is -0.299. The maximum atomic E-state index is 10.3. The van der Waals surface area contributed by atoms with Crippen molar-refractivity contribution in [3.8, 4) is 5.75 Å². The Kier molecular flexibility index (Phi) is 11.1. The van der Waals surface area contributed by atoms with Gasteiger partial charge in [-0.2, -0.15) is 0 Å². The van der Waals surface area contributed by atoms with E-state index in [1.807, 2.05) is 0 Å². The first kappa shape index (κ1) is 24.7. The number of para-hydroxylation sites is 1. The molecule has 6 heteroatoms. The predicted octanol–water partition coefficient (Wildman–Crippen LogP) is 4.18. The molecule has 0 bridgehead atoms. The molecule has 1 aromatic carbocycles. The van der Waals surface area contributed by atoms with Gasteiger partial charge in [0.2, 0.25) is 0 Å². The number of benzene rings is 1. The van der Waals surface area contributed by atoms with E-state index in [9.17, 15) is 14.7 Å². The second-order valence-electron chi connectivity index (χ2n) is 7.30. The molecule has 1 aliphatic carbocycles. The minimum absolute atomic E-state index is 0.0289. The standard InChI is InChI=1S/C10H20O.C7H6O3.C4H6O2/c1-7(2)9-5-4-8(3)6-10(9)11;8-6-4-2-1-3-5(6)7(9)10;1-3(2)4(5)6/h7-11H,4-6H2,1-3H3;1-4,8H,(H,9,10);1H2,2H3,(H,5,6). The van der Waals surface area contributed by atoms with Crippen molar-refractivity contribution in [1.82, 2.24) is 0 Å². The van der Waals surface area contributed by atoms with Crippen LogP contribution in [-0.4, -0.2) is 38.5 Å². The lowest BCUT2D eigenvalue weighted by Gasteiger charge is -2.33. The van der Waals surface area contributed by atoms with Gasteiger partial charge >= 0.3 is 11.9 Å². The minimum atomic E-state index is -1.11. The fraction of sp³-hybridized carbons (Fsp3) is 0.524. The van der Waals surface area contributed by atoms with Crippen LogP contribution in [0.4, 0.5) is 0 Å². The summed E-state index contributed by atoms with van der Waals surface area (Å²) in [6.07, 6.45) is 3.52. The molecule has 0 amide bonds. The third kappa shape index (κ3) is 9.80. The fourth-order valence-corrected chi connectivity index (χ4v) is 2.81. The topological polar surface area (TPSA) is 115 Å². The van der Waals surface area contributed by atoms with E-state index in [-0.39, 0.29) is 23.0 Å². The summed E-state index contributed by atoms with van der Waals surface area (Å²) in [4.78, 5) is 19.9. The lowest BCUT2D eigenvalue weighted by molar-refractivity contribution is -0.132. The van der Waals surface area contributed by atoms with Crippen molar-refractivity contribution < 1.29 is 30.0 Å². The van der Waals surface area contributed by atoms with E-state index >= 15 is 0 Å². The summed E-state index contributed by atoms with van der Waals surface area (Å²) in [6.45, 7) is 11.3. The van der Waals surface area contributed by atoms with Gasteiger partial charge in [-0.3, -0.25) is 0 Å². The molecule has 1 fully saturated rings. The highest BCUT2D eigenvalue weighted by Gasteiger charge is 2.28. The van der Waals surface area contributed by atoms with Crippen molar-refractivity contribution >= 4 is 11.9 Å². The van der Waals surface area contributed by atoms with Gasteiger partial charge in [-0.05, 0) is 49.7 Å². The zero-order valence-electron chi connectivity index (χ0n) is 16.6. The van der Waals surface area contributed by atoms with Crippen LogP contribution in [0.3, 0.4) is 0 Å². The molecule has 4 N–H and O–H groups in total. The van der Waals surface area contributed by atoms with E-state index in [0.29, 0.717) is 11.8 Å². The second kappa shape index (κ2) is 12.1. The van der Waals surface area contributed by atoms with Crippen molar-refractivity contribution in [3.63, 3.8) is 0 Å². The molecule has 0 aliphatic heterocycles. The number of carboxylic acids is 2. The normalized spacial score (nSPS) is 21.2. The summed E-state index contributed by atoms with van der Waals surface area (Å²) in [6, 6.07) is 5.81. The molecule has 1 saturated carbocycles. The maximum Gasteiger partial charge on any atom is 0.339 e. The number of aliphatic hydroxyl groups is 1. The molecular weight excluding hydrogens is 348 g/mol. The van der Waals surface area contributed by atoms with Crippen LogP contribution in [0.1, 0.15) is 57.3 Å². The van der Waals surface area contributed by atoms with Gasteiger partial charge in [0.15, 0.2) is 0 Å². The van der Waals surface area contributed by atoms with Crippen LogP contribution < -0.4 is 0 Å². The monoisotopic (exact) mass is 380 g/mol. The third-order valence-corrected chi connectivity index (χ3v) is 4.49. The van der Waals surface area contributed by atoms with Crippen molar-refractivity contribution in [1.29, 1.82) is 0 Å². The Balaban J connectivity index is 0.000000394. The van der Waals surface area contributed by atoms with Gasteiger partial charge in [-0.25, -0.2) is 9.59 Å². The zero-order chi connectivity index (χ0) is 21.1. The second-order valence-corrected chi connectivity index (χ2v) is 7.30. The van der Waals surface area contributed by atoms with Crippen LogP contribution in [-0.2, 0) is 4.79 Å². The van der Waals surface area contributed by atoms with E-state index in [1.54, 1.807) is 12.1 Å². The molecule has 27 heavy (non-hydrogen) atoms. The average Bonchev–Trinajstić information content (AvgIpc) is 2.55. The quantitative estimate of drug-likeness (QED) is 0.585. The summed E-state index contributed by atoms with van der Waals surface area (Å²) < 4.78 is 0. The first-order valence-corrected chi connectivity index (χ1v) is 9.05. The molecule has 0 radical (unpaired) electrons. The molecule has 0 heterocycles. The summed E-state index contributed by atoms with van der Waals surface area (Å²) >= 11 is 0. The molecule has 0 spiro atoms. The number of phenols is 1. The van der Waals surface area contributed by atoms with Gasteiger partial charge in [0.25, 0.3) is 0 Å². The van der Waals surface area contributed by atoms with Gasteiger partial charge < -0.3 is 20.4 Å². The van der Waals surface area contributed by atoms with Crippen LogP contribution in [0.15, 0.2) is 36.4 Å². The average molecular weight is 380 g/mol. The molecule has 2 rings (SSSR count). The van der Waals surface area contributed by atoms with Crippen LogP contribution >= 0.6 is 0 Å². The number of aliphatic carboxylic acids is 1. The molecule has 1 aliphatic rings. The molecule has 152 valence electrons. The van der Waals surface area contributed by atoms with E-state index in [0.717, 1.165) is 12.3 Å². The molecule has 6 nitrogen and oxygen atoms in total. The number of aromatic carboxylic acids is 1. The van der Waals surface area contributed by atoms with Gasteiger partial charge in [0.1, 0.15) is 11.3 Å². The first-order chi connectivity index (χ1) is 12.5. The lowest BCUT2D eigenvalue weighted by Crippen LogP contribution is -2.31. The Morgan fingerprint density at radius 2 is 1.67 bits per heavy atom. The third-order valence-electron chi connectivity index (χ3n) is 4.49. The van der Waals surface area contributed by atoms with Gasteiger partial charge in [0.05, 0.1) is 6.10 Å². The Labute approximate surface area is 161 Å². The highest BCUT2D eigenvalue weighted by atomic mass is 16.4. The summed E-state index contributed by atoms with van der Waals surface area (Å²) in [5, 5.41) is 34.9. The fourth-order valence-electron chi connectivity index (χ4n) is 2.81. The number of carboxylic acid groups (broad SMARTS) is 2. The Morgan fingerprint density at radius 1 is 1.15 bits per heavy atom. The molecule has 1 aromatic rings. The molecular formula is C21H32O6. The molecule has 0 saturated heterocycles. The maximum absolute atomic E-state index is 10.3. The van der Waals surface area contributed by atoms with Crippen molar-refractivity contribution in [3.05, 3.63) is 42.0 Å². The smallest absolute Gasteiger partial charge is 0.339 e. The van der Waals surface area contributed by atoms with Gasteiger partial charge in [-0.1, -0.05) is 45.9 Å². The van der Waals surface area contributed by atoms with Crippen LogP contribution in [0, 0.1) is 17.8 Å². The van der Waals surface area contributed by atoms with Gasteiger partial charge in [0, 0.05) is 5.57 Å². The van der Waals surface area contributed by atoms with E-state index in [4.69, 9.17) is 15.3 Å². The van der Waals surface area contributed by atoms with Gasteiger partial charge in [-0.15, -0.1) is 0 Å². The van der Waals surface area contributed by atoms with Crippen molar-refractivity contribution in [2.45, 2.75) is 53.1 Å². The number of rotatable bonds is 3. The number of hydrogen-bond donors (Lipinski definition) is 4.